The van der Waals surface area contributed by atoms with Crippen molar-refractivity contribution in [3.05, 3.63) is 181 Å². The van der Waals surface area contributed by atoms with Crippen molar-refractivity contribution in [1.82, 2.24) is 24.9 Å². The smallest absolute Gasteiger partial charge is 0.232 e. The number of likely N-dealkylation sites (tertiary alicyclic amines) is 4. The Morgan fingerprint density at radius 2 is 0.594 bits per heavy atom. The van der Waals surface area contributed by atoms with E-state index in [9.17, 15) is 38.4 Å². The van der Waals surface area contributed by atoms with Crippen LogP contribution in [0.5, 0.6) is 0 Å². The second-order valence-corrected chi connectivity index (χ2v) is 28.5. The number of carbonyl (C=O) groups is 8. The normalized spacial score (nSPS) is 20.3. The third kappa shape index (κ3) is 31.5. The molecule has 0 saturated carbocycles. The minimum atomic E-state index is -0.186. The highest BCUT2D eigenvalue weighted by Gasteiger charge is 2.46. The molecular weight excluding hydrogens is 1320 g/mol. The summed E-state index contributed by atoms with van der Waals surface area (Å²) >= 11 is 0. The van der Waals surface area contributed by atoms with Crippen LogP contribution in [-0.2, 0) is 47.8 Å². The molecule has 15 nitrogen and oxygen atoms in total. The summed E-state index contributed by atoms with van der Waals surface area (Å²) in [5.74, 6) is 1.67. The van der Waals surface area contributed by atoms with Gasteiger partial charge in [-0.3, -0.25) is 58.0 Å². The van der Waals surface area contributed by atoms with E-state index in [0.29, 0.717) is 29.6 Å². The van der Waals surface area contributed by atoms with Gasteiger partial charge < -0.3 is 14.8 Å². The predicted octanol–water partition coefficient (Wildman–Crippen LogP) is 21.7. The quantitative estimate of drug-likeness (QED) is 0.0619. The number of hydrogen-bond donors (Lipinski definition) is 1. The molecule has 0 aromatic heterocycles. The van der Waals surface area contributed by atoms with E-state index in [1.165, 1.54) is 41.9 Å². The van der Waals surface area contributed by atoms with Crippen LogP contribution in [0.2, 0.25) is 0 Å². The van der Waals surface area contributed by atoms with Gasteiger partial charge in [-0.2, -0.15) is 0 Å². The van der Waals surface area contributed by atoms with Crippen molar-refractivity contribution in [1.29, 1.82) is 0 Å². The van der Waals surface area contributed by atoms with Crippen molar-refractivity contribution >= 4 is 47.3 Å². The van der Waals surface area contributed by atoms with Crippen LogP contribution >= 0.6 is 0 Å². The molecule has 1 N–H and O–H groups in total. The highest BCUT2D eigenvalue weighted by Crippen LogP contribution is 2.38. The molecule has 0 spiro atoms. The van der Waals surface area contributed by atoms with Crippen molar-refractivity contribution in [2.24, 2.45) is 64.1 Å². The topological polar surface area (TPSA) is 180 Å². The molecule has 0 radical (unpaired) electrons. The van der Waals surface area contributed by atoms with E-state index in [1.54, 1.807) is 42.4 Å². The van der Waals surface area contributed by atoms with Gasteiger partial charge in [0.25, 0.3) is 0 Å². The molecule has 4 fully saturated rings. The molecule has 4 saturated heterocycles. The number of allylic oxidation sites excluding steroid dienone is 3. The second kappa shape index (κ2) is 52.9. The Bertz CT molecular complexity index is 2850. The fourth-order valence-corrected chi connectivity index (χ4v) is 12.1. The molecule has 8 rings (SSSR count). The van der Waals surface area contributed by atoms with Crippen molar-refractivity contribution in [3.63, 3.8) is 0 Å². The summed E-state index contributed by atoms with van der Waals surface area (Å²) in [7, 11) is 11.6. The molecule has 4 aliphatic rings. The molecule has 13 unspecified atom stereocenters. The van der Waals surface area contributed by atoms with E-state index in [0.717, 1.165) is 62.2 Å². The second-order valence-electron chi connectivity index (χ2n) is 28.5. The lowest BCUT2D eigenvalue weighted by molar-refractivity contribution is -0.139. The lowest BCUT2D eigenvalue weighted by Gasteiger charge is -2.24. The van der Waals surface area contributed by atoms with E-state index < -0.39 is 0 Å². The summed E-state index contributed by atoms with van der Waals surface area (Å²) < 4.78 is 9.92. The van der Waals surface area contributed by atoms with Crippen molar-refractivity contribution in [3.8, 4) is 0 Å². The number of rotatable bonds is 21. The molecule has 8 amide bonds. The molecule has 4 heterocycles. The first kappa shape index (κ1) is 111. The average Bonchev–Trinajstić information content (AvgIpc) is 1.69. The molecule has 0 bridgehead atoms. The molecule has 604 valence electrons. The maximum Gasteiger partial charge on any atom is 0.232 e. The van der Waals surface area contributed by atoms with Gasteiger partial charge in [0, 0.05) is 81.4 Å². The Balaban J connectivity index is -0.000000218. The van der Waals surface area contributed by atoms with Crippen LogP contribution in [0.3, 0.4) is 0 Å². The minimum Gasteiger partial charge on any atom is -0.501 e. The Kier molecular flexibility index (Phi) is 55.6. The van der Waals surface area contributed by atoms with Gasteiger partial charge in [-0.1, -0.05) is 311 Å². The standard InChI is InChI=1S/4C15H19NO2.C8H17N.C8H16O.C7H14O.8CH4/c4*1-10(12-7-5-4-6-8-12)9-13-11(2)14(17)16(3)15(13)18;2*1-6-8(3,4)7(2)9-5;1-5-6(2)7(3)8-4;;;;;;;;/h4*4-8,10-11,13H,9H2,1-3H3;9H,2,6H2,1,3-5H3;2,6H2,1,3-5H3;6H,3,5H2,1-2,4H3;8*1H4. The average molecular weight is 1480 g/mol. The van der Waals surface area contributed by atoms with Crippen LogP contribution in [0.1, 0.15) is 261 Å². The van der Waals surface area contributed by atoms with Crippen LogP contribution in [0.4, 0.5) is 0 Å². The van der Waals surface area contributed by atoms with Gasteiger partial charge in [-0.25, -0.2) is 0 Å². The number of methoxy groups -OCH3 is 2. The predicted molar refractivity (Wildman–Crippen MR) is 452 cm³/mol. The van der Waals surface area contributed by atoms with Crippen molar-refractivity contribution < 1.29 is 47.8 Å². The SMILES string of the molecule is C.C.C.C.C.C.C.C.C=C(NC)C(C)(C)CC.C=C(OC)C(C)(C)CC.C=C(OC)C(C)CC.CC(CC1C(=O)N(C)C(=O)C1C)c1ccccc1.CC(CC1C(=O)N(C)C(=O)C1C)c1ccccc1.CC(CC1C(=O)N(C)C(=O)C1C)c1ccccc1.CC(CC1C(=O)N(C)C(=O)C1C)c1ccccc1. The van der Waals surface area contributed by atoms with Gasteiger partial charge in [0.2, 0.25) is 47.3 Å². The summed E-state index contributed by atoms with van der Waals surface area (Å²) in [6.07, 6.45) is 6.25. The third-order valence-corrected chi connectivity index (χ3v) is 21.1. The summed E-state index contributed by atoms with van der Waals surface area (Å²) in [5.41, 5.74) is 6.38. The van der Waals surface area contributed by atoms with Crippen LogP contribution in [0.15, 0.2) is 158 Å². The Morgan fingerprint density at radius 1 is 0.387 bits per heavy atom. The zero-order valence-electron chi connectivity index (χ0n) is 64.0. The largest absolute Gasteiger partial charge is 0.501 e. The zero-order valence-corrected chi connectivity index (χ0v) is 64.0. The van der Waals surface area contributed by atoms with E-state index in [-0.39, 0.29) is 165 Å². The molecule has 0 aliphatic carbocycles. The van der Waals surface area contributed by atoms with E-state index in [4.69, 9.17) is 9.47 Å². The van der Waals surface area contributed by atoms with E-state index >= 15 is 0 Å². The summed E-state index contributed by atoms with van der Waals surface area (Å²) in [4.78, 5) is 100. The Hall–Kier alpha value is -7.94. The maximum absolute atomic E-state index is 12.0. The number of hydrogen-bond acceptors (Lipinski definition) is 11. The summed E-state index contributed by atoms with van der Waals surface area (Å²) in [6.45, 7) is 44.4. The molecule has 4 aromatic rings. The summed E-state index contributed by atoms with van der Waals surface area (Å²) in [5, 5.41) is 3.06. The monoisotopic (exact) mass is 1480 g/mol. The van der Waals surface area contributed by atoms with E-state index in [1.807, 2.05) is 108 Å². The first-order valence-corrected chi connectivity index (χ1v) is 35.2. The zero-order chi connectivity index (χ0) is 74.7. The molecular formula is C91H155N5O10. The van der Waals surface area contributed by atoms with Crippen molar-refractivity contribution in [2.45, 2.75) is 239 Å². The maximum atomic E-state index is 12.0. The van der Waals surface area contributed by atoms with Crippen LogP contribution in [0.25, 0.3) is 0 Å². The first-order valence-electron chi connectivity index (χ1n) is 35.2. The van der Waals surface area contributed by atoms with Gasteiger partial charge in [-0.15, -0.1) is 0 Å². The van der Waals surface area contributed by atoms with Gasteiger partial charge in [0.05, 0.1) is 49.4 Å². The number of benzene rings is 4. The number of carbonyl (C=O) groups excluding carboxylic acids is 8. The van der Waals surface area contributed by atoms with Gasteiger partial charge in [-0.05, 0) is 90.9 Å². The minimum absolute atomic E-state index is 0. The molecule has 4 aliphatic heterocycles. The molecule has 15 heteroatoms. The third-order valence-electron chi connectivity index (χ3n) is 21.1. The lowest BCUT2D eigenvalue weighted by Crippen LogP contribution is -2.26. The fourth-order valence-electron chi connectivity index (χ4n) is 12.1. The number of imide groups is 4. The summed E-state index contributed by atoms with van der Waals surface area (Å²) in [6, 6.07) is 40.5. The van der Waals surface area contributed by atoms with Crippen LogP contribution in [-0.4, -0.2) is 116 Å². The highest BCUT2D eigenvalue weighted by molar-refractivity contribution is 6.06. The number of nitrogens with zero attached hydrogens (tertiary/aromatic N) is 4. The molecule has 13 atom stereocenters. The van der Waals surface area contributed by atoms with Crippen LogP contribution in [0, 0.1) is 64.1 Å². The number of nitrogens with one attached hydrogen (secondary N) is 1. The van der Waals surface area contributed by atoms with Crippen molar-refractivity contribution in [2.75, 3.05) is 49.5 Å². The molecule has 4 aromatic carbocycles. The number of amides is 8. The lowest BCUT2D eigenvalue weighted by atomic mass is 9.85. The Morgan fingerprint density at radius 3 is 0.708 bits per heavy atom. The van der Waals surface area contributed by atoms with Gasteiger partial charge in [0.15, 0.2) is 0 Å². The number of ether oxygens (including phenoxy) is 2. The first-order chi connectivity index (χ1) is 45.9. The van der Waals surface area contributed by atoms with Crippen LogP contribution < -0.4 is 5.32 Å². The van der Waals surface area contributed by atoms with Gasteiger partial charge in [0.1, 0.15) is 0 Å². The Labute approximate surface area is 649 Å². The van der Waals surface area contributed by atoms with E-state index in [2.05, 4.69) is 157 Å². The fraction of sp³-hybridized carbons (Fsp3) is 0.582. The van der Waals surface area contributed by atoms with Gasteiger partial charge >= 0.3 is 0 Å². The highest BCUT2D eigenvalue weighted by atomic mass is 16.5. The molecule has 106 heavy (non-hydrogen) atoms.